The number of alkyl halides is 3. The Morgan fingerprint density at radius 1 is 1.08 bits per heavy atom. The Hall–Kier alpha value is -1.86. The molecule has 3 aliphatic heterocycles. The molecule has 4 rings (SSSR count). The van der Waals surface area contributed by atoms with Crippen molar-refractivity contribution < 1.29 is 27.5 Å². The standard InChI is InChI=1S/C17H13ClF3NO3/c1-15-5-6-16(2,25-15)12-11(15)13(23)22(14(12)24)10-7-8(17(19,20)21)3-4-9(10)18/h3-7,11-12H,1-2H3/t11-,12-,15+,16+/m1/s1. The minimum Gasteiger partial charge on any atom is -0.359 e. The minimum absolute atomic E-state index is 0.0915. The normalized spacial score (nSPS) is 36.5. The summed E-state index contributed by atoms with van der Waals surface area (Å²) in [7, 11) is 0. The fourth-order valence-corrected chi connectivity index (χ4v) is 4.33. The van der Waals surface area contributed by atoms with E-state index in [1.807, 2.05) is 0 Å². The molecule has 1 aromatic carbocycles. The molecule has 2 fully saturated rings. The fourth-order valence-electron chi connectivity index (χ4n) is 4.13. The first kappa shape index (κ1) is 16.6. The molecule has 4 atom stereocenters. The highest BCUT2D eigenvalue weighted by molar-refractivity contribution is 6.36. The number of hydrogen-bond acceptors (Lipinski definition) is 3. The van der Waals surface area contributed by atoms with Crippen molar-refractivity contribution in [2.75, 3.05) is 4.90 Å². The van der Waals surface area contributed by atoms with Gasteiger partial charge < -0.3 is 4.74 Å². The summed E-state index contributed by atoms with van der Waals surface area (Å²) in [5, 5.41) is -0.0915. The number of nitrogens with zero attached hydrogens (tertiary/aromatic N) is 1. The van der Waals surface area contributed by atoms with Crippen LogP contribution in [0.1, 0.15) is 19.4 Å². The highest BCUT2D eigenvalue weighted by atomic mass is 35.5. The molecule has 132 valence electrons. The van der Waals surface area contributed by atoms with E-state index in [1.165, 1.54) is 0 Å². The van der Waals surface area contributed by atoms with Gasteiger partial charge in [-0.2, -0.15) is 13.2 Å². The van der Waals surface area contributed by atoms with Crippen LogP contribution in [0.2, 0.25) is 5.02 Å². The lowest BCUT2D eigenvalue weighted by atomic mass is 9.73. The molecule has 25 heavy (non-hydrogen) atoms. The van der Waals surface area contributed by atoms with Gasteiger partial charge in [0.2, 0.25) is 11.8 Å². The molecule has 0 radical (unpaired) electrons. The number of fused-ring (bicyclic) bond motifs is 5. The molecule has 1 aromatic rings. The van der Waals surface area contributed by atoms with Crippen molar-refractivity contribution in [1.82, 2.24) is 0 Å². The molecule has 8 heteroatoms. The van der Waals surface area contributed by atoms with Crippen LogP contribution < -0.4 is 4.90 Å². The number of imide groups is 1. The summed E-state index contributed by atoms with van der Waals surface area (Å²) >= 11 is 6.01. The zero-order valence-electron chi connectivity index (χ0n) is 13.2. The average Bonchev–Trinajstić information content (AvgIpc) is 3.04. The topological polar surface area (TPSA) is 46.6 Å². The van der Waals surface area contributed by atoms with Crippen molar-refractivity contribution >= 4 is 29.1 Å². The van der Waals surface area contributed by atoms with Crippen LogP contribution in [0.15, 0.2) is 30.4 Å². The summed E-state index contributed by atoms with van der Waals surface area (Å²) in [6, 6.07) is 2.59. The van der Waals surface area contributed by atoms with Crippen LogP contribution in [0, 0.1) is 11.8 Å². The van der Waals surface area contributed by atoms with E-state index in [0.29, 0.717) is 0 Å². The Morgan fingerprint density at radius 3 is 2.08 bits per heavy atom. The Kier molecular flexibility index (Phi) is 3.09. The van der Waals surface area contributed by atoms with Crippen LogP contribution in [0.25, 0.3) is 0 Å². The maximum Gasteiger partial charge on any atom is 0.416 e. The summed E-state index contributed by atoms with van der Waals surface area (Å²) in [6.45, 7) is 3.39. The van der Waals surface area contributed by atoms with Crippen LogP contribution in [0.4, 0.5) is 18.9 Å². The van der Waals surface area contributed by atoms with E-state index < -0.39 is 46.6 Å². The van der Waals surface area contributed by atoms with E-state index in [-0.39, 0.29) is 10.7 Å². The number of halogens is 4. The Labute approximate surface area is 146 Å². The van der Waals surface area contributed by atoms with Crippen molar-refractivity contribution in [3.8, 4) is 0 Å². The largest absolute Gasteiger partial charge is 0.416 e. The van der Waals surface area contributed by atoms with Crippen molar-refractivity contribution in [3.05, 3.63) is 40.9 Å². The lowest BCUT2D eigenvalue weighted by molar-refractivity contribution is -0.138. The molecule has 2 amide bonds. The van der Waals surface area contributed by atoms with Gasteiger partial charge in [0, 0.05) is 0 Å². The molecule has 4 nitrogen and oxygen atoms in total. The second kappa shape index (κ2) is 4.65. The summed E-state index contributed by atoms with van der Waals surface area (Å²) in [4.78, 5) is 26.6. The second-order valence-electron chi connectivity index (χ2n) is 6.93. The van der Waals surface area contributed by atoms with E-state index in [1.54, 1.807) is 26.0 Å². The predicted molar refractivity (Wildman–Crippen MR) is 83.0 cm³/mol. The Morgan fingerprint density at radius 2 is 1.60 bits per heavy atom. The zero-order chi connectivity index (χ0) is 18.4. The third-order valence-corrected chi connectivity index (χ3v) is 5.56. The van der Waals surface area contributed by atoms with Crippen molar-refractivity contribution in [3.63, 3.8) is 0 Å². The fraction of sp³-hybridized carbons (Fsp3) is 0.412. The molecule has 0 unspecified atom stereocenters. The van der Waals surface area contributed by atoms with E-state index in [9.17, 15) is 22.8 Å². The smallest absolute Gasteiger partial charge is 0.359 e. The Bertz CT molecular complexity index is 816. The van der Waals surface area contributed by atoms with Gasteiger partial charge in [-0.05, 0) is 32.0 Å². The van der Waals surface area contributed by atoms with Gasteiger partial charge in [0.25, 0.3) is 0 Å². The predicted octanol–water partition coefficient (Wildman–Crippen LogP) is 3.58. The monoisotopic (exact) mass is 371 g/mol. The third kappa shape index (κ3) is 2.05. The molecule has 2 bridgehead atoms. The van der Waals surface area contributed by atoms with Crippen molar-refractivity contribution in [1.29, 1.82) is 0 Å². The first-order valence-corrected chi connectivity index (χ1v) is 8.01. The number of benzene rings is 1. The summed E-state index contributed by atoms with van der Waals surface area (Å²) in [6.07, 6.45) is -1.14. The van der Waals surface area contributed by atoms with Crippen LogP contribution >= 0.6 is 11.6 Å². The third-order valence-electron chi connectivity index (χ3n) is 5.24. The summed E-state index contributed by atoms with van der Waals surface area (Å²) < 4.78 is 44.9. The number of amides is 2. The van der Waals surface area contributed by atoms with Gasteiger partial charge in [0.1, 0.15) is 0 Å². The van der Waals surface area contributed by atoms with Gasteiger partial charge in [0.15, 0.2) is 0 Å². The van der Waals surface area contributed by atoms with Crippen LogP contribution in [-0.4, -0.2) is 23.0 Å². The molecule has 0 saturated carbocycles. The molecule has 0 N–H and O–H groups in total. The van der Waals surface area contributed by atoms with E-state index in [2.05, 4.69) is 0 Å². The van der Waals surface area contributed by atoms with Crippen LogP contribution in [0.5, 0.6) is 0 Å². The number of rotatable bonds is 1. The SMILES string of the molecule is C[C@@]12C=C[C@](C)(O1)[C@H]1C(=O)N(c3cc(C(F)(F)F)ccc3Cl)C(=O)[C@@H]12. The molecular weight excluding hydrogens is 359 g/mol. The highest BCUT2D eigenvalue weighted by Gasteiger charge is 2.70. The van der Waals surface area contributed by atoms with Gasteiger partial charge in [0.05, 0.1) is 39.3 Å². The maximum absolute atomic E-state index is 13.0. The number of carbonyl (C=O) groups is 2. The van der Waals surface area contributed by atoms with Gasteiger partial charge in [-0.15, -0.1) is 0 Å². The molecule has 3 aliphatic rings. The van der Waals surface area contributed by atoms with Crippen LogP contribution in [-0.2, 0) is 20.5 Å². The number of hydrogen-bond donors (Lipinski definition) is 0. The maximum atomic E-state index is 13.0. The highest BCUT2D eigenvalue weighted by Crippen LogP contribution is 2.58. The summed E-state index contributed by atoms with van der Waals surface area (Å²) in [5.74, 6) is -2.74. The first-order valence-electron chi connectivity index (χ1n) is 7.63. The number of anilines is 1. The molecule has 2 saturated heterocycles. The zero-order valence-corrected chi connectivity index (χ0v) is 14.0. The number of carbonyl (C=O) groups excluding carboxylic acids is 2. The van der Waals surface area contributed by atoms with Gasteiger partial charge in [-0.25, -0.2) is 4.90 Å². The van der Waals surface area contributed by atoms with Gasteiger partial charge >= 0.3 is 6.18 Å². The quantitative estimate of drug-likeness (QED) is 0.560. The molecular formula is C17H13ClF3NO3. The van der Waals surface area contributed by atoms with Crippen molar-refractivity contribution in [2.24, 2.45) is 11.8 Å². The lowest BCUT2D eigenvalue weighted by Crippen LogP contribution is -2.39. The van der Waals surface area contributed by atoms with Crippen molar-refractivity contribution in [2.45, 2.75) is 31.2 Å². The second-order valence-corrected chi connectivity index (χ2v) is 7.34. The molecule has 0 aromatic heterocycles. The van der Waals surface area contributed by atoms with E-state index in [0.717, 1.165) is 23.1 Å². The van der Waals surface area contributed by atoms with Gasteiger partial charge in [-0.3, -0.25) is 9.59 Å². The number of ether oxygens (including phenoxy) is 1. The first-order chi connectivity index (χ1) is 11.5. The minimum atomic E-state index is -4.61. The molecule has 3 heterocycles. The molecule has 0 spiro atoms. The summed E-state index contributed by atoms with van der Waals surface area (Å²) in [5.41, 5.74) is -3.11. The average molecular weight is 372 g/mol. The van der Waals surface area contributed by atoms with Crippen LogP contribution in [0.3, 0.4) is 0 Å². The van der Waals surface area contributed by atoms with E-state index >= 15 is 0 Å². The van der Waals surface area contributed by atoms with Gasteiger partial charge in [-0.1, -0.05) is 23.8 Å². The molecule has 0 aliphatic carbocycles. The Balaban J connectivity index is 1.82. The lowest BCUT2D eigenvalue weighted by Gasteiger charge is -2.26. The van der Waals surface area contributed by atoms with E-state index in [4.69, 9.17) is 16.3 Å².